The molecule has 1 aromatic carbocycles. The van der Waals surface area contributed by atoms with Crippen molar-refractivity contribution in [2.24, 2.45) is 0 Å². The van der Waals surface area contributed by atoms with E-state index in [2.05, 4.69) is 29.3 Å². The predicted molar refractivity (Wildman–Crippen MR) is 65.7 cm³/mol. The highest BCUT2D eigenvalue weighted by Crippen LogP contribution is 2.21. The van der Waals surface area contributed by atoms with Crippen molar-refractivity contribution in [3.05, 3.63) is 42.0 Å². The summed E-state index contributed by atoms with van der Waals surface area (Å²) < 4.78 is 0. The summed E-state index contributed by atoms with van der Waals surface area (Å²) in [6.45, 7) is 2.06. The van der Waals surface area contributed by atoms with Crippen LogP contribution < -0.4 is 10.6 Å². The Hall–Kier alpha value is -2.10. The zero-order valence-electron chi connectivity index (χ0n) is 9.38. The number of nitrogen functional groups attached to an aromatic ring is 1. The molecule has 1 heterocycles. The Morgan fingerprint density at radius 3 is 2.56 bits per heavy atom. The Kier molecular flexibility index (Phi) is 2.72. The number of hydrogen-bond donors (Lipinski definition) is 1. The van der Waals surface area contributed by atoms with Crippen LogP contribution in [0.3, 0.4) is 0 Å². The van der Waals surface area contributed by atoms with E-state index in [0.29, 0.717) is 5.82 Å². The van der Waals surface area contributed by atoms with Gasteiger partial charge in [0.05, 0.1) is 0 Å². The minimum absolute atomic E-state index is 0.432. The Balaban J connectivity index is 2.31. The summed E-state index contributed by atoms with van der Waals surface area (Å²) in [5, 5.41) is 7.87. The molecule has 82 valence electrons. The third-order valence-electron chi connectivity index (χ3n) is 2.40. The number of rotatable bonds is 2. The number of nitrogens with zero attached hydrogens (tertiary/aromatic N) is 3. The second-order valence-electron chi connectivity index (χ2n) is 3.71. The largest absolute Gasteiger partial charge is 0.382 e. The lowest BCUT2D eigenvalue weighted by atomic mass is 10.2. The molecular formula is C12H14N4. The van der Waals surface area contributed by atoms with Crippen LogP contribution in [-0.2, 0) is 0 Å². The lowest BCUT2D eigenvalue weighted by molar-refractivity contribution is 0.995. The third kappa shape index (κ3) is 2.11. The molecule has 4 heteroatoms. The molecule has 0 bridgehead atoms. The van der Waals surface area contributed by atoms with Crippen molar-refractivity contribution < 1.29 is 0 Å². The van der Waals surface area contributed by atoms with Crippen molar-refractivity contribution >= 4 is 17.3 Å². The van der Waals surface area contributed by atoms with E-state index >= 15 is 0 Å². The van der Waals surface area contributed by atoms with Gasteiger partial charge in [-0.1, -0.05) is 12.1 Å². The first-order valence-corrected chi connectivity index (χ1v) is 5.06. The summed E-state index contributed by atoms with van der Waals surface area (Å²) >= 11 is 0. The van der Waals surface area contributed by atoms with Gasteiger partial charge in [-0.15, -0.1) is 10.2 Å². The molecule has 0 saturated heterocycles. The van der Waals surface area contributed by atoms with Crippen LogP contribution >= 0.6 is 0 Å². The van der Waals surface area contributed by atoms with Gasteiger partial charge in [-0.25, -0.2) is 0 Å². The fourth-order valence-electron chi connectivity index (χ4n) is 1.48. The number of nitrogens with two attached hydrogens (primary N) is 1. The van der Waals surface area contributed by atoms with Crippen molar-refractivity contribution in [1.82, 2.24) is 10.2 Å². The van der Waals surface area contributed by atoms with Crippen molar-refractivity contribution in [1.29, 1.82) is 0 Å². The summed E-state index contributed by atoms with van der Waals surface area (Å²) in [4.78, 5) is 1.97. The molecule has 16 heavy (non-hydrogen) atoms. The molecular weight excluding hydrogens is 200 g/mol. The summed E-state index contributed by atoms with van der Waals surface area (Å²) in [6.07, 6.45) is 0. The number of hydrogen-bond acceptors (Lipinski definition) is 4. The molecule has 0 spiro atoms. The van der Waals surface area contributed by atoms with Crippen LogP contribution in [0.2, 0.25) is 0 Å². The summed E-state index contributed by atoms with van der Waals surface area (Å²) in [5.74, 6) is 1.21. The summed E-state index contributed by atoms with van der Waals surface area (Å²) in [7, 11) is 1.95. The summed E-state index contributed by atoms with van der Waals surface area (Å²) in [5.41, 5.74) is 7.80. The van der Waals surface area contributed by atoms with Crippen LogP contribution in [0.1, 0.15) is 5.56 Å². The lowest BCUT2D eigenvalue weighted by Gasteiger charge is -2.17. The van der Waals surface area contributed by atoms with E-state index in [1.807, 2.05) is 30.1 Å². The molecule has 4 nitrogen and oxygen atoms in total. The molecule has 1 aromatic heterocycles. The second-order valence-corrected chi connectivity index (χ2v) is 3.71. The van der Waals surface area contributed by atoms with Gasteiger partial charge in [0, 0.05) is 12.7 Å². The fraction of sp³-hybridized carbons (Fsp3) is 0.167. The molecule has 0 saturated carbocycles. The van der Waals surface area contributed by atoms with Gasteiger partial charge in [-0.3, -0.25) is 0 Å². The van der Waals surface area contributed by atoms with Crippen molar-refractivity contribution in [3.8, 4) is 0 Å². The maximum Gasteiger partial charge on any atom is 0.155 e. The monoisotopic (exact) mass is 214 g/mol. The van der Waals surface area contributed by atoms with Crippen LogP contribution in [0.4, 0.5) is 17.3 Å². The van der Waals surface area contributed by atoms with Gasteiger partial charge < -0.3 is 10.6 Å². The number of aryl methyl sites for hydroxylation is 1. The van der Waals surface area contributed by atoms with Gasteiger partial charge in [0.2, 0.25) is 0 Å². The molecule has 0 unspecified atom stereocenters. The number of benzene rings is 1. The predicted octanol–water partition coefficient (Wildman–Crippen LogP) is 2.14. The van der Waals surface area contributed by atoms with E-state index < -0.39 is 0 Å². The van der Waals surface area contributed by atoms with E-state index in [1.165, 1.54) is 5.56 Å². The topological polar surface area (TPSA) is 55.0 Å². The molecule has 0 aliphatic heterocycles. The van der Waals surface area contributed by atoms with Crippen LogP contribution in [0.5, 0.6) is 0 Å². The van der Waals surface area contributed by atoms with Crippen molar-refractivity contribution in [2.75, 3.05) is 17.7 Å². The first-order valence-electron chi connectivity index (χ1n) is 5.06. The van der Waals surface area contributed by atoms with E-state index in [-0.39, 0.29) is 0 Å². The Morgan fingerprint density at radius 2 is 1.94 bits per heavy atom. The molecule has 0 amide bonds. The molecule has 2 rings (SSSR count). The van der Waals surface area contributed by atoms with Crippen LogP contribution in [-0.4, -0.2) is 17.2 Å². The van der Waals surface area contributed by atoms with Gasteiger partial charge in [-0.2, -0.15) is 0 Å². The zero-order valence-corrected chi connectivity index (χ0v) is 9.38. The Morgan fingerprint density at radius 1 is 1.12 bits per heavy atom. The highest BCUT2D eigenvalue weighted by atomic mass is 15.3. The lowest BCUT2D eigenvalue weighted by Crippen LogP contribution is -2.12. The molecule has 0 aliphatic rings. The van der Waals surface area contributed by atoms with Crippen molar-refractivity contribution in [2.45, 2.75) is 6.92 Å². The Labute approximate surface area is 94.7 Å². The van der Waals surface area contributed by atoms with Gasteiger partial charge in [0.25, 0.3) is 0 Å². The molecule has 2 N–H and O–H groups in total. The highest BCUT2D eigenvalue weighted by Gasteiger charge is 2.05. The van der Waals surface area contributed by atoms with E-state index in [4.69, 9.17) is 5.73 Å². The van der Waals surface area contributed by atoms with Crippen LogP contribution in [0, 0.1) is 6.92 Å². The molecule has 2 aromatic rings. The minimum Gasteiger partial charge on any atom is -0.382 e. The standard InChI is InChI=1S/C12H14N4/c1-9-4-3-5-10(8-9)16(2)12-7-6-11(13)14-15-12/h3-8H,1-2H3,(H2,13,14). The second kappa shape index (κ2) is 4.18. The molecule has 0 fully saturated rings. The van der Waals surface area contributed by atoms with Crippen LogP contribution in [0.15, 0.2) is 36.4 Å². The minimum atomic E-state index is 0.432. The normalized spacial score (nSPS) is 10.1. The fourth-order valence-corrected chi connectivity index (χ4v) is 1.48. The summed E-state index contributed by atoms with van der Waals surface area (Å²) in [6, 6.07) is 11.8. The molecule has 0 aliphatic carbocycles. The molecule has 0 atom stereocenters. The smallest absolute Gasteiger partial charge is 0.155 e. The maximum atomic E-state index is 5.50. The SMILES string of the molecule is Cc1cccc(N(C)c2ccc(N)nn2)c1. The first-order chi connectivity index (χ1) is 7.66. The third-order valence-corrected chi connectivity index (χ3v) is 2.40. The average molecular weight is 214 g/mol. The Bertz CT molecular complexity index is 479. The van der Waals surface area contributed by atoms with Gasteiger partial charge in [-0.05, 0) is 36.8 Å². The van der Waals surface area contributed by atoms with Gasteiger partial charge in [0.1, 0.15) is 5.82 Å². The maximum absolute atomic E-state index is 5.50. The molecule has 0 radical (unpaired) electrons. The van der Waals surface area contributed by atoms with E-state index in [0.717, 1.165) is 11.5 Å². The van der Waals surface area contributed by atoms with Gasteiger partial charge in [0.15, 0.2) is 5.82 Å². The van der Waals surface area contributed by atoms with E-state index in [9.17, 15) is 0 Å². The highest BCUT2D eigenvalue weighted by molar-refractivity contribution is 5.59. The average Bonchev–Trinajstić information content (AvgIpc) is 2.29. The van der Waals surface area contributed by atoms with E-state index in [1.54, 1.807) is 6.07 Å². The van der Waals surface area contributed by atoms with Crippen molar-refractivity contribution in [3.63, 3.8) is 0 Å². The van der Waals surface area contributed by atoms with Crippen LogP contribution in [0.25, 0.3) is 0 Å². The zero-order chi connectivity index (χ0) is 11.5. The van der Waals surface area contributed by atoms with Gasteiger partial charge >= 0.3 is 0 Å². The quantitative estimate of drug-likeness (QED) is 0.832. The number of anilines is 3. The first kappa shape index (κ1) is 10.4. The number of aromatic nitrogens is 2.